The zero-order valence-corrected chi connectivity index (χ0v) is 19.5. The maximum absolute atomic E-state index is 13.3. The van der Waals surface area contributed by atoms with Gasteiger partial charge in [-0.25, -0.2) is 9.02 Å². The molecule has 2 aromatic heterocycles. The van der Waals surface area contributed by atoms with Gasteiger partial charge in [-0.2, -0.15) is 0 Å². The third-order valence-corrected chi connectivity index (χ3v) is 7.29. The van der Waals surface area contributed by atoms with Gasteiger partial charge in [0.1, 0.15) is 17.2 Å². The molecule has 7 nitrogen and oxygen atoms in total. The fraction of sp³-hybridized carbons (Fsp3) is 0.280. The first-order chi connectivity index (χ1) is 16.6. The van der Waals surface area contributed by atoms with Crippen molar-refractivity contribution in [1.29, 1.82) is 0 Å². The number of benzene rings is 2. The summed E-state index contributed by atoms with van der Waals surface area (Å²) in [5, 5.41) is 11.9. The second-order valence-electron chi connectivity index (χ2n) is 8.38. The Balaban J connectivity index is 1.35. The van der Waals surface area contributed by atoms with Crippen LogP contribution in [0.25, 0.3) is 10.9 Å². The van der Waals surface area contributed by atoms with E-state index in [1.54, 1.807) is 30.8 Å². The highest BCUT2D eigenvalue weighted by molar-refractivity contribution is 8.00. The number of carbonyl (C=O) groups excluding carboxylic acids is 1. The van der Waals surface area contributed by atoms with Gasteiger partial charge >= 0.3 is 0 Å². The first-order valence-corrected chi connectivity index (χ1v) is 12.0. The lowest BCUT2D eigenvalue weighted by atomic mass is 10.1. The third kappa shape index (κ3) is 4.95. The van der Waals surface area contributed by atoms with E-state index >= 15 is 0 Å². The van der Waals surface area contributed by atoms with Crippen molar-refractivity contribution in [2.24, 2.45) is 0 Å². The molecule has 0 saturated carbocycles. The van der Waals surface area contributed by atoms with E-state index in [4.69, 9.17) is 4.63 Å². The Labute approximate surface area is 200 Å². The number of nitrogens with one attached hydrogen (secondary N) is 1. The number of nitrogens with zero attached hydrogens (tertiary/aromatic N) is 4. The van der Waals surface area contributed by atoms with Gasteiger partial charge in [0, 0.05) is 34.8 Å². The fourth-order valence-electron chi connectivity index (χ4n) is 4.31. The monoisotopic (exact) mass is 477 g/mol. The van der Waals surface area contributed by atoms with Crippen molar-refractivity contribution in [2.45, 2.75) is 42.6 Å². The quantitative estimate of drug-likeness (QED) is 0.429. The van der Waals surface area contributed by atoms with E-state index in [1.165, 1.54) is 12.1 Å². The normalized spacial score (nSPS) is 18.4. The Bertz CT molecular complexity index is 1290. The molecule has 2 aromatic carbocycles. The van der Waals surface area contributed by atoms with E-state index in [0.29, 0.717) is 24.4 Å². The van der Waals surface area contributed by atoms with E-state index in [9.17, 15) is 9.18 Å². The van der Waals surface area contributed by atoms with E-state index in [2.05, 4.69) is 31.6 Å². The molecule has 0 unspecified atom stereocenters. The number of halogens is 1. The Morgan fingerprint density at radius 2 is 2.00 bits per heavy atom. The zero-order valence-electron chi connectivity index (χ0n) is 18.6. The number of rotatable bonds is 7. The molecular formula is C25H24FN5O2S. The number of amides is 1. The van der Waals surface area contributed by atoms with Crippen LogP contribution in [-0.2, 0) is 17.9 Å². The Hall–Kier alpha value is -3.30. The molecule has 5 rings (SSSR count). The number of para-hydroxylation sites is 1. The summed E-state index contributed by atoms with van der Waals surface area (Å²) in [5.74, 6) is -0.306. The highest BCUT2D eigenvalue weighted by Gasteiger charge is 2.37. The van der Waals surface area contributed by atoms with E-state index in [0.717, 1.165) is 27.9 Å². The second-order valence-corrected chi connectivity index (χ2v) is 9.75. The number of fused-ring (bicyclic) bond motifs is 1. The summed E-state index contributed by atoms with van der Waals surface area (Å²) in [5.41, 5.74) is 3.35. The van der Waals surface area contributed by atoms with Gasteiger partial charge < -0.3 is 5.32 Å². The van der Waals surface area contributed by atoms with Crippen LogP contribution in [0.5, 0.6) is 0 Å². The van der Waals surface area contributed by atoms with Crippen molar-refractivity contribution in [2.75, 3.05) is 6.54 Å². The first kappa shape index (κ1) is 22.5. The minimum atomic E-state index is -0.301. The molecular weight excluding hydrogens is 453 g/mol. The van der Waals surface area contributed by atoms with Crippen LogP contribution < -0.4 is 5.32 Å². The van der Waals surface area contributed by atoms with Gasteiger partial charge in [-0.15, -0.1) is 11.8 Å². The number of carbonyl (C=O) groups is 1. The maximum atomic E-state index is 13.3. The number of likely N-dealkylation sites (tertiary alicyclic amines) is 1. The standard InChI is InChI=1S/C25H24FN5O2S/c1-16-23(30-33-29-16)13-28-25(32)24-12-20(34-19-8-6-18(26)7-9-19)15-31(24)14-17-10-11-27-22-5-3-2-4-21(17)22/h2-11,20,24H,12-15H2,1H3,(H,28,32)/t20-,24-/m0/s1. The lowest BCUT2D eigenvalue weighted by molar-refractivity contribution is -0.125. The third-order valence-electron chi connectivity index (χ3n) is 6.07. The van der Waals surface area contributed by atoms with E-state index < -0.39 is 0 Å². The molecule has 1 saturated heterocycles. The lowest BCUT2D eigenvalue weighted by Gasteiger charge is -2.24. The van der Waals surface area contributed by atoms with Crippen molar-refractivity contribution in [3.05, 3.63) is 83.6 Å². The van der Waals surface area contributed by atoms with Gasteiger partial charge in [-0.1, -0.05) is 28.5 Å². The summed E-state index contributed by atoms with van der Waals surface area (Å²) < 4.78 is 18.1. The molecule has 1 aliphatic rings. The van der Waals surface area contributed by atoms with Crippen molar-refractivity contribution in [3.63, 3.8) is 0 Å². The molecule has 0 aliphatic carbocycles. The van der Waals surface area contributed by atoms with Crippen LogP contribution in [0.4, 0.5) is 4.39 Å². The molecule has 1 fully saturated rings. The predicted molar refractivity (Wildman–Crippen MR) is 127 cm³/mol. The smallest absolute Gasteiger partial charge is 0.237 e. The van der Waals surface area contributed by atoms with Crippen molar-refractivity contribution in [3.8, 4) is 0 Å². The molecule has 4 aromatic rings. The van der Waals surface area contributed by atoms with Crippen LogP contribution in [0.15, 0.2) is 70.3 Å². The predicted octanol–water partition coefficient (Wildman–Crippen LogP) is 4.12. The second kappa shape index (κ2) is 9.90. The summed E-state index contributed by atoms with van der Waals surface area (Å²) in [7, 11) is 0. The fourth-order valence-corrected chi connectivity index (χ4v) is 5.53. The number of pyridine rings is 1. The van der Waals surface area contributed by atoms with Gasteiger partial charge in [-0.05, 0) is 55.3 Å². The lowest BCUT2D eigenvalue weighted by Crippen LogP contribution is -2.42. The molecule has 174 valence electrons. The minimum absolute atomic E-state index is 0.0528. The summed E-state index contributed by atoms with van der Waals surface area (Å²) in [6.45, 7) is 3.43. The minimum Gasteiger partial charge on any atom is -0.349 e. The molecule has 2 atom stereocenters. The van der Waals surface area contributed by atoms with Crippen LogP contribution in [-0.4, -0.2) is 43.9 Å². The van der Waals surface area contributed by atoms with Gasteiger partial charge in [-0.3, -0.25) is 14.7 Å². The van der Waals surface area contributed by atoms with Gasteiger partial charge in [0.05, 0.1) is 18.1 Å². The molecule has 0 spiro atoms. The number of aryl methyl sites for hydroxylation is 1. The molecule has 9 heteroatoms. The topological polar surface area (TPSA) is 84.2 Å². The molecule has 1 aliphatic heterocycles. The van der Waals surface area contributed by atoms with Crippen LogP contribution in [0.2, 0.25) is 0 Å². The Morgan fingerprint density at radius 1 is 1.18 bits per heavy atom. The Morgan fingerprint density at radius 3 is 2.79 bits per heavy atom. The van der Waals surface area contributed by atoms with Crippen LogP contribution in [0, 0.1) is 12.7 Å². The van der Waals surface area contributed by atoms with Gasteiger partial charge in [0.25, 0.3) is 0 Å². The SMILES string of the molecule is Cc1nonc1CNC(=O)[C@@H]1C[C@H](Sc2ccc(F)cc2)CN1Cc1ccnc2ccccc12. The summed E-state index contributed by atoms with van der Waals surface area (Å²) in [4.78, 5) is 20.9. The summed E-state index contributed by atoms with van der Waals surface area (Å²) >= 11 is 1.68. The number of hydrogen-bond acceptors (Lipinski definition) is 7. The molecule has 3 heterocycles. The van der Waals surface area contributed by atoms with Crippen molar-refractivity contribution in [1.82, 2.24) is 25.5 Å². The Kier molecular flexibility index (Phi) is 6.55. The van der Waals surface area contributed by atoms with Crippen molar-refractivity contribution < 1.29 is 13.8 Å². The van der Waals surface area contributed by atoms with Crippen LogP contribution >= 0.6 is 11.8 Å². The molecule has 0 bridgehead atoms. The van der Waals surface area contributed by atoms with E-state index in [1.807, 2.05) is 30.5 Å². The molecule has 34 heavy (non-hydrogen) atoms. The zero-order chi connectivity index (χ0) is 23.5. The highest BCUT2D eigenvalue weighted by atomic mass is 32.2. The molecule has 1 amide bonds. The number of hydrogen-bond donors (Lipinski definition) is 1. The summed E-state index contributed by atoms with van der Waals surface area (Å²) in [6.07, 6.45) is 2.50. The molecule has 0 radical (unpaired) electrons. The number of thioether (sulfide) groups is 1. The largest absolute Gasteiger partial charge is 0.349 e. The van der Waals surface area contributed by atoms with E-state index in [-0.39, 0.29) is 29.6 Å². The maximum Gasteiger partial charge on any atom is 0.237 e. The first-order valence-electron chi connectivity index (χ1n) is 11.1. The average molecular weight is 478 g/mol. The van der Waals surface area contributed by atoms with Gasteiger partial charge in [0.2, 0.25) is 5.91 Å². The van der Waals surface area contributed by atoms with Crippen molar-refractivity contribution >= 4 is 28.6 Å². The van der Waals surface area contributed by atoms with Crippen LogP contribution in [0.3, 0.4) is 0 Å². The highest BCUT2D eigenvalue weighted by Crippen LogP contribution is 2.34. The molecule has 1 N–H and O–H groups in total. The van der Waals surface area contributed by atoms with Gasteiger partial charge in [0.15, 0.2) is 0 Å². The number of aromatic nitrogens is 3. The summed E-state index contributed by atoms with van der Waals surface area (Å²) in [6, 6.07) is 16.3. The van der Waals surface area contributed by atoms with Crippen LogP contribution in [0.1, 0.15) is 23.4 Å². The average Bonchev–Trinajstić information content (AvgIpc) is 3.44.